The summed E-state index contributed by atoms with van der Waals surface area (Å²) >= 11 is 0. The molecule has 0 saturated heterocycles. The SMILES string of the molecule is Cc1ccccc1NNC(=O)CC(=O)O. The number of para-hydroxylation sites is 1. The number of carbonyl (C=O) groups excluding carboxylic acids is 1. The summed E-state index contributed by atoms with van der Waals surface area (Å²) in [6.07, 6.45) is -0.543. The third-order valence-electron chi connectivity index (χ3n) is 1.79. The molecule has 0 saturated carbocycles. The lowest BCUT2D eigenvalue weighted by molar-refractivity contribution is -0.140. The van der Waals surface area contributed by atoms with Crippen molar-refractivity contribution in [1.29, 1.82) is 0 Å². The summed E-state index contributed by atoms with van der Waals surface area (Å²) in [5, 5.41) is 8.35. The molecule has 0 atom stereocenters. The second-order valence-corrected chi connectivity index (χ2v) is 3.06. The molecular weight excluding hydrogens is 196 g/mol. The molecule has 3 N–H and O–H groups in total. The van der Waals surface area contributed by atoms with Gasteiger partial charge in [0.1, 0.15) is 6.42 Å². The van der Waals surface area contributed by atoms with Gasteiger partial charge in [0.25, 0.3) is 0 Å². The first kappa shape index (κ1) is 11.0. The number of hydrogen-bond acceptors (Lipinski definition) is 3. The van der Waals surface area contributed by atoms with Crippen LogP contribution in [0.2, 0.25) is 0 Å². The van der Waals surface area contributed by atoms with E-state index < -0.39 is 18.3 Å². The summed E-state index contributed by atoms with van der Waals surface area (Å²) in [6.45, 7) is 1.88. The minimum atomic E-state index is -1.15. The molecule has 15 heavy (non-hydrogen) atoms. The highest BCUT2D eigenvalue weighted by Gasteiger charge is 2.06. The van der Waals surface area contributed by atoms with Crippen LogP contribution in [-0.4, -0.2) is 17.0 Å². The molecule has 1 aromatic carbocycles. The molecule has 1 amide bonds. The minimum absolute atomic E-state index is 0.543. The van der Waals surface area contributed by atoms with Crippen LogP contribution in [0.25, 0.3) is 0 Å². The number of amides is 1. The van der Waals surface area contributed by atoms with Gasteiger partial charge in [0, 0.05) is 0 Å². The summed E-state index contributed by atoms with van der Waals surface area (Å²) in [4.78, 5) is 21.2. The van der Waals surface area contributed by atoms with Crippen LogP contribution in [0.5, 0.6) is 0 Å². The Morgan fingerprint density at radius 3 is 2.60 bits per heavy atom. The number of benzene rings is 1. The largest absolute Gasteiger partial charge is 0.481 e. The zero-order chi connectivity index (χ0) is 11.3. The number of carboxylic acids is 1. The Morgan fingerprint density at radius 2 is 2.00 bits per heavy atom. The van der Waals surface area contributed by atoms with E-state index in [9.17, 15) is 9.59 Å². The molecule has 5 nitrogen and oxygen atoms in total. The first-order valence-corrected chi connectivity index (χ1v) is 4.42. The maximum Gasteiger partial charge on any atom is 0.312 e. The lowest BCUT2D eigenvalue weighted by Gasteiger charge is -2.09. The number of rotatable bonds is 4. The van der Waals surface area contributed by atoms with Crippen molar-refractivity contribution in [3.8, 4) is 0 Å². The predicted octanol–water partition coefficient (Wildman–Crippen LogP) is 0.913. The van der Waals surface area contributed by atoms with Gasteiger partial charge in [-0.15, -0.1) is 0 Å². The first-order chi connectivity index (χ1) is 7.09. The molecule has 1 aromatic rings. The van der Waals surface area contributed by atoms with Crippen molar-refractivity contribution in [2.75, 3.05) is 5.43 Å². The molecule has 0 unspecified atom stereocenters. The number of aliphatic carboxylic acids is 1. The zero-order valence-electron chi connectivity index (χ0n) is 8.28. The fourth-order valence-corrected chi connectivity index (χ4v) is 1.03. The summed E-state index contributed by atoms with van der Waals surface area (Å²) in [7, 11) is 0. The van der Waals surface area contributed by atoms with Gasteiger partial charge in [-0.25, -0.2) is 0 Å². The molecule has 0 radical (unpaired) electrons. The van der Waals surface area contributed by atoms with Crippen molar-refractivity contribution < 1.29 is 14.7 Å². The molecule has 0 spiro atoms. The van der Waals surface area contributed by atoms with E-state index in [2.05, 4.69) is 10.9 Å². The number of carbonyl (C=O) groups is 2. The van der Waals surface area contributed by atoms with E-state index in [4.69, 9.17) is 5.11 Å². The van der Waals surface area contributed by atoms with Crippen LogP contribution in [0.1, 0.15) is 12.0 Å². The highest BCUT2D eigenvalue weighted by Crippen LogP contribution is 2.11. The van der Waals surface area contributed by atoms with Gasteiger partial charge in [-0.2, -0.15) is 0 Å². The maximum absolute atomic E-state index is 11.0. The van der Waals surface area contributed by atoms with E-state index in [-0.39, 0.29) is 0 Å². The highest BCUT2D eigenvalue weighted by molar-refractivity contribution is 5.93. The number of carboxylic acid groups (broad SMARTS) is 1. The van der Waals surface area contributed by atoms with E-state index in [0.29, 0.717) is 0 Å². The average molecular weight is 208 g/mol. The predicted molar refractivity (Wildman–Crippen MR) is 55.2 cm³/mol. The maximum atomic E-state index is 11.0. The normalized spacial score (nSPS) is 9.40. The summed E-state index contributed by atoms with van der Waals surface area (Å²) < 4.78 is 0. The van der Waals surface area contributed by atoms with Crippen LogP contribution in [0, 0.1) is 6.92 Å². The molecule has 5 heteroatoms. The quantitative estimate of drug-likeness (QED) is 0.507. The number of nitrogens with one attached hydrogen (secondary N) is 2. The lowest BCUT2D eigenvalue weighted by atomic mass is 10.2. The Kier molecular flexibility index (Phi) is 3.68. The molecule has 80 valence electrons. The van der Waals surface area contributed by atoms with Crippen LogP contribution >= 0.6 is 0 Å². The molecule has 0 heterocycles. The second-order valence-electron chi connectivity index (χ2n) is 3.06. The van der Waals surface area contributed by atoms with Crippen molar-refractivity contribution in [2.24, 2.45) is 0 Å². The van der Waals surface area contributed by atoms with E-state index in [1.165, 1.54) is 0 Å². The molecule has 0 aliphatic heterocycles. The third kappa shape index (κ3) is 3.68. The minimum Gasteiger partial charge on any atom is -0.481 e. The fourth-order valence-electron chi connectivity index (χ4n) is 1.03. The van der Waals surface area contributed by atoms with Gasteiger partial charge in [-0.05, 0) is 18.6 Å². The molecule has 0 aliphatic carbocycles. The molecule has 0 aromatic heterocycles. The van der Waals surface area contributed by atoms with E-state index in [0.717, 1.165) is 11.3 Å². The van der Waals surface area contributed by atoms with Gasteiger partial charge in [0.15, 0.2) is 0 Å². The monoisotopic (exact) mass is 208 g/mol. The van der Waals surface area contributed by atoms with Crippen molar-refractivity contribution >= 4 is 17.6 Å². The van der Waals surface area contributed by atoms with Crippen LogP contribution in [0.3, 0.4) is 0 Å². The Morgan fingerprint density at radius 1 is 1.33 bits per heavy atom. The van der Waals surface area contributed by atoms with Gasteiger partial charge in [-0.3, -0.25) is 20.4 Å². The third-order valence-corrected chi connectivity index (χ3v) is 1.79. The zero-order valence-corrected chi connectivity index (χ0v) is 8.28. The van der Waals surface area contributed by atoms with Crippen LogP contribution in [0.15, 0.2) is 24.3 Å². The molecule has 0 bridgehead atoms. The Hall–Kier alpha value is -2.04. The van der Waals surface area contributed by atoms with Crippen molar-refractivity contribution in [2.45, 2.75) is 13.3 Å². The Bertz CT molecular complexity index is 377. The molecule has 1 rings (SSSR count). The van der Waals surface area contributed by atoms with Crippen molar-refractivity contribution in [3.63, 3.8) is 0 Å². The molecule has 0 aliphatic rings. The van der Waals surface area contributed by atoms with Crippen LogP contribution in [-0.2, 0) is 9.59 Å². The smallest absolute Gasteiger partial charge is 0.312 e. The van der Waals surface area contributed by atoms with Crippen molar-refractivity contribution in [1.82, 2.24) is 5.43 Å². The van der Waals surface area contributed by atoms with E-state index in [1.807, 2.05) is 25.1 Å². The Labute approximate surface area is 87.1 Å². The number of hydrogen-bond donors (Lipinski definition) is 3. The lowest BCUT2D eigenvalue weighted by Crippen LogP contribution is -2.31. The van der Waals surface area contributed by atoms with Crippen molar-refractivity contribution in [3.05, 3.63) is 29.8 Å². The van der Waals surface area contributed by atoms with Gasteiger partial charge in [-0.1, -0.05) is 18.2 Å². The van der Waals surface area contributed by atoms with Crippen LogP contribution < -0.4 is 10.9 Å². The standard InChI is InChI=1S/C10H12N2O3/c1-7-4-2-3-5-8(7)11-12-9(13)6-10(14)15/h2-5,11H,6H2,1H3,(H,12,13)(H,14,15). The second kappa shape index (κ2) is 4.99. The molecule has 0 fully saturated rings. The summed E-state index contributed by atoms with van der Waals surface area (Å²) in [6, 6.07) is 7.36. The summed E-state index contributed by atoms with van der Waals surface area (Å²) in [5.74, 6) is -1.73. The first-order valence-electron chi connectivity index (χ1n) is 4.42. The molecular formula is C10H12N2O3. The number of aryl methyl sites for hydroxylation is 1. The average Bonchev–Trinajstić information content (AvgIpc) is 2.15. The summed E-state index contributed by atoms with van der Waals surface area (Å²) in [5.41, 5.74) is 6.67. The number of hydrazine groups is 1. The van der Waals surface area contributed by atoms with E-state index in [1.54, 1.807) is 6.07 Å². The highest BCUT2D eigenvalue weighted by atomic mass is 16.4. The Balaban J connectivity index is 2.47. The van der Waals surface area contributed by atoms with Gasteiger partial charge < -0.3 is 5.11 Å². The fraction of sp³-hybridized carbons (Fsp3) is 0.200. The van der Waals surface area contributed by atoms with Gasteiger partial charge in [0.05, 0.1) is 5.69 Å². The van der Waals surface area contributed by atoms with E-state index >= 15 is 0 Å². The van der Waals surface area contributed by atoms with Gasteiger partial charge in [0.2, 0.25) is 5.91 Å². The van der Waals surface area contributed by atoms with Crippen LogP contribution in [0.4, 0.5) is 5.69 Å². The topological polar surface area (TPSA) is 78.4 Å². The number of anilines is 1. The van der Waals surface area contributed by atoms with Gasteiger partial charge >= 0.3 is 5.97 Å².